The summed E-state index contributed by atoms with van der Waals surface area (Å²) in [6, 6.07) is 4.35. The van der Waals surface area contributed by atoms with Crippen molar-refractivity contribution in [3.05, 3.63) is 23.3 Å². The first-order valence-electron chi connectivity index (χ1n) is 7.79. The van der Waals surface area contributed by atoms with Gasteiger partial charge >= 0.3 is 7.12 Å². The van der Waals surface area contributed by atoms with Crippen LogP contribution in [0.2, 0.25) is 0 Å². The Hall–Kier alpha value is -0.995. The molecule has 1 aromatic rings. The van der Waals surface area contributed by atoms with Crippen LogP contribution in [0, 0.1) is 6.92 Å². The van der Waals surface area contributed by atoms with Crippen LogP contribution in [-0.4, -0.2) is 25.4 Å². The number of hydrogen-bond acceptors (Lipinski definition) is 3. The van der Waals surface area contributed by atoms with Crippen LogP contribution in [0.4, 0.5) is 0 Å². The predicted molar refractivity (Wildman–Crippen MR) is 85.4 cm³/mol. The molecule has 1 aliphatic carbocycles. The number of rotatable bonds is 3. The summed E-state index contributed by atoms with van der Waals surface area (Å²) in [7, 11) is 1.45. The van der Waals surface area contributed by atoms with Gasteiger partial charge in [0.25, 0.3) is 0 Å². The minimum absolute atomic E-state index is 0.293. The van der Waals surface area contributed by atoms with E-state index in [9.17, 15) is 0 Å². The molecule has 0 spiro atoms. The van der Waals surface area contributed by atoms with Crippen LogP contribution in [-0.2, 0) is 9.31 Å². The first-order chi connectivity index (χ1) is 9.75. The molecule has 1 heterocycles. The van der Waals surface area contributed by atoms with Gasteiger partial charge in [0.1, 0.15) is 5.75 Å². The zero-order valence-electron chi connectivity index (χ0n) is 13.9. The van der Waals surface area contributed by atoms with Gasteiger partial charge in [-0.05, 0) is 76.0 Å². The van der Waals surface area contributed by atoms with Crippen LogP contribution in [0.15, 0.2) is 12.1 Å². The summed E-state index contributed by atoms with van der Waals surface area (Å²) in [6.07, 6.45) is 2.50. The minimum atomic E-state index is -0.302. The van der Waals surface area contributed by atoms with Gasteiger partial charge in [-0.3, -0.25) is 0 Å². The van der Waals surface area contributed by atoms with Gasteiger partial charge in [-0.25, -0.2) is 0 Å². The second kappa shape index (κ2) is 4.75. The van der Waals surface area contributed by atoms with Crippen molar-refractivity contribution in [2.75, 3.05) is 7.11 Å². The fourth-order valence-electron chi connectivity index (χ4n) is 2.83. The van der Waals surface area contributed by atoms with Gasteiger partial charge in [0.15, 0.2) is 0 Å². The lowest BCUT2D eigenvalue weighted by Gasteiger charge is -2.32. The van der Waals surface area contributed by atoms with Crippen molar-refractivity contribution >= 4 is 12.6 Å². The van der Waals surface area contributed by atoms with E-state index in [1.54, 1.807) is 7.11 Å². The monoisotopic (exact) mass is 288 g/mol. The lowest BCUT2D eigenvalue weighted by molar-refractivity contribution is 0.00578. The quantitative estimate of drug-likeness (QED) is 0.799. The van der Waals surface area contributed by atoms with E-state index in [4.69, 9.17) is 14.0 Å². The average Bonchev–Trinajstić information content (AvgIpc) is 3.17. The van der Waals surface area contributed by atoms with Gasteiger partial charge in [0.05, 0.1) is 18.3 Å². The summed E-state index contributed by atoms with van der Waals surface area (Å²) in [5.41, 5.74) is 2.99. The van der Waals surface area contributed by atoms with E-state index in [-0.39, 0.29) is 18.3 Å². The normalized spacial score (nSPS) is 23.4. The molecule has 0 amide bonds. The average molecular weight is 288 g/mol. The van der Waals surface area contributed by atoms with Gasteiger partial charge in [-0.2, -0.15) is 0 Å². The third kappa shape index (κ3) is 2.49. The molecule has 3 rings (SSSR count). The SMILES string of the molecule is COc1cc(C)c(B2OC(C)(C)C(C)(C)O2)cc1C1CC1. The van der Waals surface area contributed by atoms with Gasteiger partial charge in [-0.15, -0.1) is 0 Å². The van der Waals surface area contributed by atoms with E-state index < -0.39 is 0 Å². The first kappa shape index (κ1) is 14.9. The fraction of sp³-hybridized carbons (Fsp3) is 0.647. The van der Waals surface area contributed by atoms with E-state index in [0.29, 0.717) is 5.92 Å². The van der Waals surface area contributed by atoms with Crippen LogP contribution in [0.3, 0.4) is 0 Å². The summed E-state index contributed by atoms with van der Waals surface area (Å²) >= 11 is 0. The molecule has 0 aromatic heterocycles. The molecular formula is C17H25BO3. The lowest BCUT2D eigenvalue weighted by Crippen LogP contribution is -2.41. The summed E-state index contributed by atoms with van der Waals surface area (Å²) in [6.45, 7) is 10.5. The summed E-state index contributed by atoms with van der Waals surface area (Å²) in [5.74, 6) is 1.64. The Labute approximate surface area is 128 Å². The van der Waals surface area contributed by atoms with Crippen molar-refractivity contribution in [3.8, 4) is 5.75 Å². The molecule has 2 aliphatic rings. The zero-order chi connectivity index (χ0) is 15.4. The summed E-state index contributed by atoms with van der Waals surface area (Å²) in [5, 5.41) is 0. The number of methoxy groups -OCH3 is 1. The zero-order valence-corrected chi connectivity index (χ0v) is 13.9. The van der Waals surface area contributed by atoms with Crippen molar-refractivity contribution in [1.82, 2.24) is 0 Å². The molecule has 2 fully saturated rings. The van der Waals surface area contributed by atoms with Crippen molar-refractivity contribution in [2.24, 2.45) is 0 Å². The number of ether oxygens (including phenoxy) is 1. The van der Waals surface area contributed by atoms with Gasteiger partial charge < -0.3 is 14.0 Å². The summed E-state index contributed by atoms with van der Waals surface area (Å²) in [4.78, 5) is 0. The van der Waals surface area contributed by atoms with Crippen LogP contribution < -0.4 is 10.2 Å². The second-order valence-electron chi connectivity index (χ2n) is 7.31. The smallest absolute Gasteiger partial charge is 0.495 e. The Kier molecular flexibility index (Phi) is 3.38. The highest BCUT2D eigenvalue weighted by molar-refractivity contribution is 6.62. The Morgan fingerprint density at radius 2 is 1.67 bits per heavy atom. The number of aryl methyl sites for hydroxylation is 1. The molecule has 0 bridgehead atoms. The highest BCUT2D eigenvalue weighted by atomic mass is 16.7. The van der Waals surface area contributed by atoms with Crippen LogP contribution >= 0.6 is 0 Å². The highest BCUT2D eigenvalue weighted by Gasteiger charge is 2.52. The molecular weight excluding hydrogens is 263 g/mol. The molecule has 21 heavy (non-hydrogen) atoms. The second-order valence-corrected chi connectivity index (χ2v) is 7.31. The van der Waals surface area contributed by atoms with E-state index >= 15 is 0 Å². The lowest BCUT2D eigenvalue weighted by atomic mass is 9.75. The molecule has 0 unspecified atom stereocenters. The minimum Gasteiger partial charge on any atom is -0.496 e. The molecule has 114 valence electrons. The van der Waals surface area contributed by atoms with E-state index in [0.717, 1.165) is 16.8 Å². The highest BCUT2D eigenvalue weighted by Crippen LogP contribution is 2.44. The number of hydrogen-bond donors (Lipinski definition) is 0. The van der Waals surface area contributed by atoms with Gasteiger partial charge in [0, 0.05) is 0 Å². The molecule has 1 saturated heterocycles. The topological polar surface area (TPSA) is 27.7 Å². The molecule has 1 saturated carbocycles. The van der Waals surface area contributed by atoms with Crippen molar-refractivity contribution in [1.29, 1.82) is 0 Å². The maximum atomic E-state index is 6.20. The van der Waals surface area contributed by atoms with E-state index in [1.807, 2.05) is 0 Å². The van der Waals surface area contributed by atoms with Crippen molar-refractivity contribution in [3.63, 3.8) is 0 Å². The fourth-order valence-corrected chi connectivity index (χ4v) is 2.83. The molecule has 4 heteroatoms. The molecule has 1 aromatic carbocycles. The standard InChI is InChI=1S/C17H25BO3/c1-11-9-15(19-6)13(12-7-8-12)10-14(11)18-20-16(2,3)17(4,5)21-18/h9-10,12H,7-8H2,1-6H3. The molecule has 1 aliphatic heterocycles. The largest absolute Gasteiger partial charge is 0.496 e. The molecule has 0 atom stereocenters. The third-order valence-corrected chi connectivity index (χ3v) is 5.14. The van der Waals surface area contributed by atoms with Gasteiger partial charge in [0.2, 0.25) is 0 Å². The third-order valence-electron chi connectivity index (χ3n) is 5.14. The molecule has 0 N–H and O–H groups in total. The Morgan fingerprint density at radius 3 is 2.14 bits per heavy atom. The van der Waals surface area contributed by atoms with Crippen molar-refractivity contribution in [2.45, 2.75) is 64.6 Å². The van der Waals surface area contributed by atoms with Crippen LogP contribution in [0.1, 0.15) is 57.6 Å². The van der Waals surface area contributed by atoms with Crippen molar-refractivity contribution < 1.29 is 14.0 Å². The molecule has 3 nitrogen and oxygen atoms in total. The van der Waals surface area contributed by atoms with E-state index in [1.165, 1.54) is 18.4 Å². The van der Waals surface area contributed by atoms with Gasteiger partial charge in [-0.1, -0.05) is 6.07 Å². The summed E-state index contributed by atoms with van der Waals surface area (Å²) < 4.78 is 17.9. The predicted octanol–water partition coefficient (Wildman–Crippen LogP) is 3.18. The number of benzene rings is 1. The Morgan fingerprint density at radius 1 is 1.10 bits per heavy atom. The Balaban J connectivity index is 1.98. The maximum Gasteiger partial charge on any atom is 0.495 e. The Bertz CT molecular complexity index is 545. The van der Waals surface area contributed by atoms with E-state index in [2.05, 4.69) is 46.8 Å². The van der Waals surface area contributed by atoms with Crippen LogP contribution in [0.5, 0.6) is 5.75 Å². The van der Waals surface area contributed by atoms with Crippen LogP contribution in [0.25, 0.3) is 0 Å². The first-order valence-corrected chi connectivity index (χ1v) is 7.79. The maximum absolute atomic E-state index is 6.20. The molecule has 0 radical (unpaired) electrons.